The maximum absolute atomic E-state index is 9.12. The molecule has 0 amide bonds. The molecule has 3 heterocycles. The second-order valence-electron chi connectivity index (χ2n) is 7.33. The van der Waals surface area contributed by atoms with Crippen molar-refractivity contribution in [2.75, 3.05) is 0 Å². The Hall–Kier alpha value is -3.32. The highest BCUT2D eigenvalue weighted by Gasteiger charge is 2.26. The first kappa shape index (κ1) is 15.9. The lowest BCUT2D eigenvalue weighted by atomic mass is 9.88. The molecule has 0 spiro atoms. The summed E-state index contributed by atoms with van der Waals surface area (Å²) in [4.78, 5) is 8.48. The topological polar surface area (TPSA) is 57.4 Å². The van der Waals surface area contributed by atoms with E-state index in [9.17, 15) is 0 Å². The Morgan fingerprint density at radius 1 is 1.19 bits per heavy atom. The average Bonchev–Trinajstić information content (AvgIpc) is 3.31. The van der Waals surface area contributed by atoms with Gasteiger partial charge in [-0.05, 0) is 55.2 Å². The lowest BCUT2D eigenvalue weighted by Crippen LogP contribution is -2.17. The molecule has 0 radical (unpaired) electrons. The zero-order valence-corrected chi connectivity index (χ0v) is 15.2. The normalized spacial score (nSPS) is 16.2. The number of nitrogens with zero attached hydrogens (tertiary/aromatic N) is 3. The molecule has 1 aliphatic rings. The van der Waals surface area contributed by atoms with E-state index in [2.05, 4.69) is 59.1 Å². The van der Waals surface area contributed by atoms with Crippen molar-refractivity contribution in [3.63, 3.8) is 0 Å². The zero-order chi connectivity index (χ0) is 18.4. The van der Waals surface area contributed by atoms with Crippen molar-refractivity contribution in [2.45, 2.75) is 32.2 Å². The standard InChI is InChI=1S/C23H20N4/c1-15-5-2-3-6-18(15)19-7-4-10-27-14-22(26-23(19)27)21-12-17-11-16(13-24)8-9-20(17)25-21/h2-3,5-6,8-9,11-12,14,19,25H,4,7,10H2,1H3. The van der Waals surface area contributed by atoms with Gasteiger partial charge in [0.1, 0.15) is 11.5 Å². The number of nitriles is 1. The number of fused-ring (bicyclic) bond motifs is 2. The van der Waals surface area contributed by atoms with Crippen LogP contribution in [0.15, 0.2) is 54.7 Å². The molecule has 1 atom stereocenters. The SMILES string of the molecule is Cc1ccccc1C1CCCn2cc(-c3cc4cc(C#N)ccc4[nH]3)nc21. The van der Waals surface area contributed by atoms with E-state index in [1.165, 1.54) is 17.5 Å². The number of aryl methyl sites for hydroxylation is 2. The van der Waals surface area contributed by atoms with Crippen molar-refractivity contribution >= 4 is 10.9 Å². The van der Waals surface area contributed by atoms with Crippen molar-refractivity contribution in [1.29, 1.82) is 5.26 Å². The molecule has 1 aliphatic heterocycles. The van der Waals surface area contributed by atoms with Crippen LogP contribution >= 0.6 is 0 Å². The van der Waals surface area contributed by atoms with Gasteiger partial charge in [-0.25, -0.2) is 4.98 Å². The summed E-state index contributed by atoms with van der Waals surface area (Å²) in [6.07, 6.45) is 4.47. The molecule has 0 saturated carbocycles. The number of rotatable bonds is 2. The molecule has 0 bridgehead atoms. The molecular weight excluding hydrogens is 332 g/mol. The van der Waals surface area contributed by atoms with Gasteiger partial charge in [0, 0.05) is 29.6 Å². The zero-order valence-electron chi connectivity index (χ0n) is 15.2. The third-order valence-corrected chi connectivity index (χ3v) is 5.60. The van der Waals surface area contributed by atoms with Crippen LogP contribution in [0.3, 0.4) is 0 Å². The highest BCUT2D eigenvalue weighted by molar-refractivity contribution is 5.86. The monoisotopic (exact) mass is 352 g/mol. The Balaban J connectivity index is 1.59. The smallest absolute Gasteiger partial charge is 0.117 e. The van der Waals surface area contributed by atoms with Crippen LogP contribution in [0.4, 0.5) is 0 Å². The second-order valence-corrected chi connectivity index (χ2v) is 7.33. The van der Waals surface area contributed by atoms with Crippen LogP contribution in [-0.2, 0) is 6.54 Å². The molecule has 2 aromatic heterocycles. The van der Waals surface area contributed by atoms with E-state index in [0.29, 0.717) is 11.5 Å². The molecule has 4 aromatic rings. The van der Waals surface area contributed by atoms with Crippen molar-refractivity contribution in [3.8, 4) is 17.5 Å². The molecule has 4 nitrogen and oxygen atoms in total. The molecule has 1 N–H and O–H groups in total. The van der Waals surface area contributed by atoms with Crippen LogP contribution < -0.4 is 0 Å². The molecule has 132 valence electrons. The van der Waals surface area contributed by atoms with Gasteiger partial charge in [0.15, 0.2) is 0 Å². The van der Waals surface area contributed by atoms with Crippen molar-refractivity contribution < 1.29 is 0 Å². The lowest BCUT2D eigenvalue weighted by molar-refractivity contribution is 0.479. The van der Waals surface area contributed by atoms with Crippen LogP contribution in [0.25, 0.3) is 22.3 Å². The largest absolute Gasteiger partial charge is 0.353 e. The van der Waals surface area contributed by atoms with Gasteiger partial charge in [-0.3, -0.25) is 0 Å². The minimum absolute atomic E-state index is 0.350. The number of hydrogen-bond acceptors (Lipinski definition) is 2. The van der Waals surface area contributed by atoms with Crippen molar-refractivity contribution in [2.24, 2.45) is 0 Å². The van der Waals surface area contributed by atoms with Gasteiger partial charge < -0.3 is 9.55 Å². The molecule has 0 saturated heterocycles. The summed E-state index contributed by atoms with van der Waals surface area (Å²) in [5.74, 6) is 1.50. The van der Waals surface area contributed by atoms with Gasteiger partial charge in [0.2, 0.25) is 0 Å². The maximum Gasteiger partial charge on any atom is 0.117 e. The summed E-state index contributed by atoms with van der Waals surface area (Å²) < 4.78 is 2.31. The maximum atomic E-state index is 9.12. The number of hydrogen-bond donors (Lipinski definition) is 1. The predicted molar refractivity (Wildman–Crippen MR) is 106 cm³/mol. The highest BCUT2D eigenvalue weighted by Crippen LogP contribution is 2.36. The Bertz CT molecular complexity index is 1190. The fourth-order valence-corrected chi connectivity index (χ4v) is 4.22. The lowest BCUT2D eigenvalue weighted by Gasteiger charge is -2.24. The molecule has 1 unspecified atom stereocenters. The summed E-state index contributed by atoms with van der Waals surface area (Å²) in [5, 5.41) is 10.2. The van der Waals surface area contributed by atoms with Crippen LogP contribution in [0, 0.1) is 18.3 Å². The summed E-state index contributed by atoms with van der Waals surface area (Å²) in [6, 6.07) is 18.6. The summed E-state index contributed by atoms with van der Waals surface area (Å²) >= 11 is 0. The number of aromatic nitrogens is 3. The third kappa shape index (κ3) is 2.63. The first-order chi connectivity index (χ1) is 13.2. The van der Waals surface area contributed by atoms with Gasteiger partial charge in [-0.2, -0.15) is 5.26 Å². The van der Waals surface area contributed by atoms with Gasteiger partial charge in [0.25, 0.3) is 0 Å². The first-order valence-corrected chi connectivity index (χ1v) is 9.39. The Morgan fingerprint density at radius 3 is 2.93 bits per heavy atom. The van der Waals surface area contributed by atoms with Crippen molar-refractivity contribution in [3.05, 3.63) is 77.2 Å². The van der Waals surface area contributed by atoms with Crippen molar-refractivity contribution in [1.82, 2.24) is 14.5 Å². The van der Waals surface area contributed by atoms with E-state index in [1.807, 2.05) is 18.2 Å². The van der Waals surface area contributed by atoms with E-state index in [0.717, 1.165) is 41.1 Å². The summed E-state index contributed by atoms with van der Waals surface area (Å²) in [7, 11) is 0. The Labute approximate surface area is 158 Å². The average molecular weight is 352 g/mol. The van der Waals surface area contributed by atoms with E-state index >= 15 is 0 Å². The molecule has 2 aromatic carbocycles. The van der Waals surface area contributed by atoms with E-state index in [1.54, 1.807) is 0 Å². The molecule has 0 aliphatic carbocycles. The van der Waals surface area contributed by atoms with Crippen LogP contribution in [0.2, 0.25) is 0 Å². The third-order valence-electron chi connectivity index (χ3n) is 5.60. The first-order valence-electron chi connectivity index (χ1n) is 9.39. The summed E-state index contributed by atoms with van der Waals surface area (Å²) in [6.45, 7) is 3.20. The molecule has 4 heteroatoms. The summed E-state index contributed by atoms with van der Waals surface area (Å²) in [5.41, 5.74) is 6.40. The number of aromatic amines is 1. The minimum Gasteiger partial charge on any atom is -0.353 e. The minimum atomic E-state index is 0.350. The van der Waals surface area contributed by atoms with Gasteiger partial charge in [0.05, 0.1) is 17.3 Å². The molecule has 5 rings (SSSR count). The highest BCUT2D eigenvalue weighted by atomic mass is 15.1. The van der Waals surface area contributed by atoms with E-state index in [-0.39, 0.29) is 0 Å². The fourth-order valence-electron chi connectivity index (χ4n) is 4.22. The number of nitrogens with one attached hydrogen (secondary N) is 1. The van der Waals surface area contributed by atoms with Crippen LogP contribution in [-0.4, -0.2) is 14.5 Å². The number of H-pyrrole nitrogens is 1. The quantitative estimate of drug-likeness (QED) is 0.543. The molecule has 0 fully saturated rings. The predicted octanol–water partition coefficient (Wildman–Crippen LogP) is 5.14. The molecule has 27 heavy (non-hydrogen) atoms. The Kier molecular flexibility index (Phi) is 3.61. The second kappa shape index (κ2) is 6.14. The Morgan fingerprint density at radius 2 is 2.07 bits per heavy atom. The van der Waals surface area contributed by atoms with Gasteiger partial charge in [-0.15, -0.1) is 0 Å². The van der Waals surface area contributed by atoms with E-state index < -0.39 is 0 Å². The van der Waals surface area contributed by atoms with Gasteiger partial charge >= 0.3 is 0 Å². The van der Waals surface area contributed by atoms with Gasteiger partial charge in [-0.1, -0.05) is 24.3 Å². The van der Waals surface area contributed by atoms with Crippen LogP contribution in [0.5, 0.6) is 0 Å². The molecular formula is C23H20N4. The van der Waals surface area contributed by atoms with Crippen LogP contribution in [0.1, 0.15) is 41.3 Å². The number of benzene rings is 2. The van der Waals surface area contributed by atoms with E-state index in [4.69, 9.17) is 10.2 Å². The number of imidazole rings is 1. The fraction of sp³-hybridized carbons (Fsp3) is 0.217.